The van der Waals surface area contributed by atoms with Gasteiger partial charge in [0.15, 0.2) is 0 Å². The van der Waals surface area contributed by atoms with Crippen molar-refractivity contribution in [2.75, 3.05) is 11.4 Å². The normalized spacial score (nSPS) is 21.7. The van der Waals surface area contributed by atoms with Gasteiger partial charge in [0.05, 0.1) is 6.20 Å². The lowest BCUT2D eigenvalue weighted by atomic mass is 10.1. The third-order valence-electron chi connectivity index (χ3n) is 2.43. The number of hydrogen-bond donors (Lipinski definition) is 0. The van der Waals surface area contributed by atoms with Gasteiger partial charge in [0.2, 0.25) is 5.22 Å². The SMILES string of the molecule is O=[N+]([O-])C1CCCCN1c1ncc(Cl)o1. The number of piperidine rings is 1. The van der Waals surface area contributed by atoms with Gasteiger partial charge >= 0.3 is 6.01 Å². The summed E-state index contributed by atoms with van der Waals surface area (Å²) in [6, 6.07) is 0.237. The lowest BCUT2D eigenvalue weighted by Gasteiger charge is -2.27. The molecule has 6 nitrogen and oxygen atoms in total. The van der Waals surface area contributed by atoms with Crippen LogP contribution in [0.1, 0.15) is 19.3 Å². The minimum Gasteiger partial charge on any atom is -0.411 e. The Kier molecular flexibility index (Phi) is 2.77. The van der Waals surface area contributed by atoms with Crippen molar-refractivity contribution in [3.05, 3.63) is 21.5 Å². The zero-order chi connectivity index (χ0) is 10.8. The van der Waals surface area contributed by atoms with Crippen LogP contribution in [0.4, 0.5) is 6.01 Å². The smallest absolute Gasteiger partial charge is 0.303 e. The summed E-state index contributed by atoms with van der Waals surface area (Å²) >= 11 is 5.58. The predicted molar refractivity (Wildman–Crippen MR) is 53.5 cm³/mol. The number of anilines is 1. The molecule has 0 bridgehead atoms. The molecule has 1 fully saturated rings. The van der Waals surface area contributed by atoms with E-state index in [4.69, 9.17) is 16.0 Å². The van der Waals surface area contributed by atoms with Gasteiger partial charge in [0, 0.05) is 17.9 Å². The molecule has 1 aromatic rings. The lowest BCUT2D eigenvalue weighted by molar-refractivity contribution is -0.524. The van der Waals surface area contributed by atoms with Crippen molar-refractivity contribution in [1.82, 2.24) is 4.98 Å². The van der Waals surface area contributed by atoms with E-state index in [1.165, 1.54) is 6.20 Å². The fourth-order valence-corrected chi connectivity index (χ4v) is 1.85. The minimum absolute atomic E-state index is 0.151. The van der Waals surface area contributed by atoms with Crippen LogP contribution in [0.25, 0.3) is 0 Å². The maximum atomic E-state index is 10.8. The van der Waals surface area contributed by atoms with Crippen molar-refractivity contribution in [2.24, 2.45) is 0 Å². The van der Waals surface area contributed by atoms with Crippen molar-refractivity contribution < 1.29 is 9.34 Å². The third-order valence-corrected chi connectivity index (χ3v) is 2.60. The van der Waals surface area contributed by atoms with E-state index in [0.29, 0.717) is 13.0 Å². The highest BCUT2D eigenvalue weighted by molar-refractivity contribution is 6.28. The van der Waals surface area contributed by atoms with E-state index in [9.17, 15) is 10.1 Å². The molecule has 15 heavy (non-hydrogen) atoms. The number of nitrogens with zero attached hydrogens (tertiary/aromatic N) is 3. The first-order valence-electron chi connectivity index (χ1n) is 4.70. The van der Waals surface area contributed by atoms with Gasteiger partial charge in [-0.3, -0.25) is 15.0 Å². The van der Waals surface area contributed by atoms with Gasteiger partial charge in [0.25, 0.3) is 6.17 Å². The second kappa shape index (κ2) is 4.06. The number of halogens is 1. The summed E-state index contributed by atoms with van der Waals surface area (Å²) in [4.78, 5) is 15.9. The van der Waals surface area contributed by atoms with Gasteiger partial charge in [-0.1, -0.05) is 0 Å². The first kappa shape index (κ1) is 10.2. The molecule has 2 heterocycles. The summed E-state index contributed by atoms with van der Waals surface area (Å²) in [7, 11) is 0. The summed E-state index contributed by atoms with van der Waals surface area (Å²) in [6.07, 6.45) is 2.89. The van der Waals surface area contributed by atoms with Gasteiger partial charge < -0.3 is 4.42 Å². The maximum absolute atomic E-state index is 10.8. The number of hydrogen-bond acceptors (Lipinski definition) is 5. The summed E-state index contributed by atoms with van der Waals surface area (Å²) in [6.45, 7) is 0.586. The van der Waals surface area contributed by atoms with E-state index in [1.54, 1.807) is 4.90 Å². The second-order valence-corrected chi connectivity index (χ2v) is 3.77. The molecule has 82 valence electrons. The van der Waals surface area contributed by atoms with Crippen LogP contribution in [0.3, 0.4) is 0 Å². The Morgan fingerprint density at radius 3 is 3.07 bits per heavy atom. The molecule has 7 heteroatoms. The average molecular weight is 232 g/mol. The van der Waals surface area contributed by atoms with E-state index in [2.05, 4.69) is 4.98 Å². The molecule has 0 aliphatic carbocycles. The first-order chi connectivity index (χ1) is 7.18. The Bertz CT molecular complexity index is 368. The van der Waals surface area contributed by atoms with Crippen LogP contribution >= 0.6 is 11.6 Å². The third kappa shape index (κ3) is 2.04. The van der Waals surface area contributed by atoms with Gasteiger partial charge in [-0.2, -0.15) is 0 Å². The van der Waals surface area contributed by atoms with E-state index < -0.39 is 6.17 Å². The highest BCUT2D eigenvalue weighted by Gasteiger charge is 2.34. The van der Waals surface area contributed by atoms with E-state index in [0.717, 1.165) is 12.8 Å². The maximum Gasteiger partial charge on any atom is 0.303 e. The molecule has 1 unspecified atom stereocenters. The second-order valence-electron chi connectivity index (χ2n) is 3.40. The molecule has 1 aliphatic rings. The molecule has 0 aromatic carbocycles. The van der Waals surface area contributed by atoms with Gasteiger partial charge in [-0.05, 0) is 24.4 Å². The van der Waals surface area contributed by atoms with Gasteiger partial charge in [-0.25, -0.2) is 4.98 Å². The highest BCUT2D eigenvalue weighted by atomic mass is 35.5. The van der Waals surface area contributed by atoms with Crippen molar-refractivity contribution in [2.45, 2.75) is 25.4 Å². The predicted octanol–water partition coefficient (Wildman–Crippen LogP) is 1.92. The molecule has 1 aromatic heterocycles. The van der Waals surface area contributed by atoms with Crippen molar-refractivity contribution in [1.29, 1.82) is 0 Å². The van der Waals surface area contributed by atoms with Crippen LogP contribution in [-0.4, -0.2) is 22.6 Å². The van der Waals surface area contributed by atoms with Crippen LogP contribution in [-0.2, 0) is 0 Å². The molecule has 0 amide bonds. The summed E-state index contributed by atoms with van der Waals surface area (Å²) < 4.78 is 5.08. The topological polar surface area (TPSA) is 72.4 Å². The van der Waals surface area contributed by atoms with E-state index >= 15 is 0 Å². The Labute approximate surface area is 91.0 Å². The molecule has 1 saturated heterocycles. The number of aromatic nitrogens is 1. The quantitative estimate of drug-likeness (QED) is 0.574. The molecule has 0 radical (unpaired) electrons. The Morgan fingerprint density at radius 1 is 1.67 bits per heavy atom. The van der Waals surface area contributed by atoms with Crippen molar-refractivity contribution in [3.63, 3.8) is 0 Å². The van der Waals surface area contributed by atoms with Gasteiger partial charge in [-0.15, -0.1) is 0 Å². The van der Waals surface area contributed by atoms with E-state index in [1.807, 2.05) is 0 Å². The van der Waals surface area contributed by atoms with Crippen LogP contribution in [0.15, 0.2) is 10.6 Å². The van der Waals surface area contributed by atoms with Crippen LogP contribution in [0.5, 0.6) is 0 Å². The Balaban J connectivity index is 2.21. The summed E-state index contributed by atoms with van der Waals surface area (Å²) in [5.74, 6) is 0. The zero-order valence-corrected chi connectivity index (χ0v) is 8.68. The fourth-order valence-electron chi connectivity index (χ4n) is 1.73. The molecule has 0 N–H and O–H groups in total. The van der Waals surface area contributed by atoms with Crippen molar-refractivity contribution in [3.8, 4) is 0 Å². The fraction of sp³-hybridized carbons (Fsp3) is 0.625. The largest absolute Gasteiger partial charge is 0.411 e. The molecule has 2 rings (SSSR count). The molecule has 0 saturated carbocycles. The summed E-state index contributed by atoms with van der Waals surface area (Å²) in [5.41, 5.74) is 0. The zero-order valence-electron chi connectivity index (χ0n) is 7.93. The number of rotatable bonds is 2. The first-order valence-corrected chi connectivity index (χ1v) is 5.08. The van der Waals surface area contributed by atoms with Crippen molar-refractivity contribution >= 4 is 17.6 Å². The molecule has 1 aliphatic heterocycles. The standard InChI is InChI=1S/C8H10ClN3O3/c9-6-5-10-8(15-6)11-4-2-1-3-7(11)12(13)14/h5,7H,1-4H2. The van der Waals surface area contributed by atoms with Crippen LogP contribution in [0.2, 0.25) is 5.22 Å². The molecular formula is C8H10ClN3O3. The Hall–Kier alpha value is -1.30. The summed E-state index contributed by atoms with van der Waals surface area (Å²) in [5, 5.41) is 11.0. The Morgan fingerprint density at radius 2 is 2.47 bits per heavy atom. The monoisotopic (exact) mass is 231 g/mol. The minimum atomic E-state index is -0.742. The van der Waals surface area contributed by atoms with Crippen LogP contribution in [0, 0.1) is 10.1 Å². The molecular weight excluding hydrogens is 222 g/mol. The van der Waals surface area contributed by atoms with Gasteiger partial charge in [0.1, 0.15) is 0 Å². The van der Waals surface area contributed by atoms with E-state index in [-0.39, 0.29) is 16.2 Å². The number of oxazole rings is 1. The molecule has 1 atom stereocenters. The molecule has 0 spiro atoms. The lowest BCUT2D eigenvalue weighted by Crippen LogP contribution is -2.44. The highest BCUT2D eigenvalue weighted by Crippen LogP contribution is 2.26. The number of nitro groups is 1. The average Bonchev–Trinajstić information content (AvgIpc) is 2.65. The van der Waals surface area contributed by atoms with Crippen LogP contribution < -0.4 is 4.90 Å².